The lowest BCUT2D eigenvalue weighted by atomic mass is 10.0. The molecule has 174 valence electrons. The van der Waals surface area contributed by atoms with Crippen molar-refractivity contribution in [1.29, 1.82) is 0 Å². The Morgan fingerprint density at radius 2 is 2.15 bits per heavy atom. The molecule has 3 aromatic rings. The second-order valence-electron chi connectivity index (χ2n) is 8.37. The van der Waals surface area contributed by atoms with Crippen LogP contribution in [0.5, 0.6) is 5.75 Å². The van der Waals surface area contributed by atoms with Gasteiger partial charge in [0.15, 0.2) is 0 Å². The van der Waals surface area contributed by atoms with Gasteiger partial charge in [-0.1, -0.05) is 18.6 Å². The van der Waals surface area contributed by atoms with Crippen LogP contribution in [0.15, 0.2) is 42.9 Å². The SMILES string of the molecule is CCn1ccnc1CN1CCCC[C@H]1c1ncc(C(=O)NCc2cccc(OC)c2)c(C)n1. The minimum atomic E-state index is -0.174. The van der Waals surface area contributed by atoms with Crippen molar-refractivity contribution >= 4 is 5.91 Å². The number of ether oxygens (including phenoxy) is 1. The molecule has 0 saturated carbocycles. The van der Waals surface area contributed by atoms with E-state index in [1.54, 1.807) is 13.3 Å². The van der Waals surface area contributed by atoms with E-state index in [1.165, 1.54) is 0 Å². The number of likely N-dealkylation sites (tertiary alicyclic amines) is 1. The van der Waals surface area contributed by atoms with Gasteiger partial charge in [0, 0.05) is 31.7 Å². The molecule has 1 aromatic carbocycles. The second-order valence-corrected chi connectivity index (χ2v) is 8.37. The number of methoxy groups -OCH3 is 1. The molecule has 0 bridgehead atoms. The first kappa shape index (κ1) is 22.9. The first-order valence-electron chi connectivity index (χ1n) is 11.6. The van der Waals surface area contributed by atoms with Gasteiger partial charge in [0.05, 0.1) is 31.0 Å². The number of hydrogen-bond acceptors (Lipinski definition) is 6. The van der Waals surface area contributed by atoms with E-state index >= 15 is 0 Å². The van der Waals surface area contributed by atoms with Gasteiger partial charge in [0.1, 0.15) is 17.4 Å². The molecule has 1 saturated heterocycles. The lowest BCUT2D eigenvalue weighted by molar-refractivity contribution is 0.0948. The third kappa shape index (κ3) is 5.39. The first-order valence-corrected chi connectivity index (χ1v) is 11.6. The highest BCUT2D eigenvalue weighted by molar-refractivity contribution is 5.94. The standard InChI is InChI=1S/C25H32N6O2/c1-4-30-13-11-26-23(30)17-31-12-6-5-10-22(31)24-27-16-21(18(2)29-24)25(32)28-15-19-8-7-9-20(14-19)33-3/h7-9,11,13-14,16,22H,4-6,10,12,15,17H2,1-3H3,(H,28,32)/t22-/m0/s1. The largest absolute Gasteiger partial charge is 0.497 e. The van der Waals surface area contributed by atoms with Crippen molar-refractivity contribution in [3.05, 3.63) is 71.3 Å². The summed E-state index contributed by atoms with van der Waals surface area (Å²) >= 11 is 0. The molecule has 0 aliphatic carbocycles. The molecular weight excluding hydrogens is 416 g/mol. The number of carbonyl (C=O) groups is 1. The monoisotopic (exact) mass is 448 g/mol. The van der Waals surface area contributed by atoms with Gasteiger partial charge in [-0.05, 0) is 50.9 Å². The maximum Gasteiger partial charge on any atom is 0.254 e. The van der Waals surface area contributed by atoms with Crippen LogP contribution in [0, 0.1) is 6.92 Å². The van der Waals surface area contributed by atoms with Gasteiger partial charge in [-0.2, -0.15) is 0 Å². The summed E-state index contributed by atoms with van der Waals surface area (Å²) in [5.74, 6) is 2.44. The van der Waals surface area contributed by atoms with Crippen LogP contribution in [-0.2, 0) is 19.6 Å². The maximum absolute atomic E-state index is 12.8. The lowest BCUT2D eigenvalue weighted by Gasteiger charge is -2.34. The molecule has 0 spiro atoms. The van der Waals surface area contributed by atoms with Crippen LogP contribution in [0.1, 0.15) is 65.5 Å². The van der Waals surface area contributed by atoms with Crippen LogP contribution < -0.4 is 10.1 Å². The number of nitrogens with zero attached hydrogens (tertiary/aromatic N) is 5. The Morgan fingerprint density at radius 1 is 1.27 bits per heavy atom. The number of aryl methyl sites for hydroxylation is 2. The molecule has 2 aromatic heterocycles. The smallest absolute Gasteiger partial charge is 0.254 e. The van der Waals surface area contributed by atoms with Crippen LogP contribution in [0.25, 0.3) is 0 Å². The molecule has 8 heteroatoms. The number of rotatable bonds is 8. The van der Waals surface area contributed by atoms with E-state index in [0.717, 1.165) is 61.9 Å². The van der Waals surface area contributed by atoms with Crippen LogP contribution in [0.4, 0.5) is 0 Å². The summed E-state index contributed by atoms with van der Waals surface area (Å²) in [6, 6.07) is 7.79. The second kappa shape index (κ2) is 10.6. The van der Waals surface area contributed by atoms with Crippen molar-refractivity contribution in [3.8, 4) is 5.75 Å². The van der Waals surface area contributed by atoms with Crippen molar-refractivity contribution in [3.63, 3.8) is 0 Å². The van der Waals surface area contributed by atoms with E-state index in [1.807, 2.05) is 43.6 Å². The third-order valence-electron chi connectivity index (χ3n) is 6.23. The Balaban J connectivity index is 1.45. The highest BCUT2D eigenvalue weighted by Crippen LogP contribution is 2.30. The average Bonchev–Trinajstić information content (AvgIpc) is 3.30. The number of amides is 1. The van der Waals surface area contributed by atoms with E-state index in [2.05, 4.69) is 31.7 Å². The molecule has 4 rings (SSSR count). The highest BCUT2D eigenvalue weighted by Gasteiger charge is 2.28. The van der Waals surface area contributed by atoms with Gasteiger partial charge in [-0.3, -0.25) is 9.69 Å². The van der Waals surface area contributed by atoms with Crippen LogP contribution >= 0.6 is 0 Å². The predicted molar refractivity (Wildman–Crippen MR) is 126 cm³/mol. The Labute approximate surface area is 195 Å². The number of benzene rings is 1. The van der Waals surface area contributed by atoms with Gasteiger partial charge < -0.3 is 14.6 Å². The number of hydrogen-bond donors (Lipinski definition) is 1. The first-order chi connectivity index (χ1) is 16.1. The minimum Gasteiger partial charge on any atom is -0.497 e. The summed E-state index contributed by atoms with van der Waals surface area (Å²) in [6.07, 6.45) is 8.86. The Hall–Kier alpha value is -3.26. The number of nitrogens with one attached hydrogen (secondary N) is 1. The molecule has 0 radical (unpaired) electrons. The van der Waals surface area contributed by atoms with E-state index in [0.29, 0.717) is 17.8 Å². The van der Waals surface area contributed by atoms with Crippen molar-refractivity contribution in [2.75, 3.05) is 13.7 Å². The van der Waals surface area contributed by atoms with E-state index < -0.39 is 0 Å². The zero-order valence-electron chi connectivity index (χ0n) is 19.6. The predicted octanol–water partition coefficient (Wildman–Crippen LogP) is 3.67. The van der Waals surface area contributed by atoms with Crippen LogP contribution in [0.2, 0.25) is 0 Å². The topological polar surface area (TPSA) is 85.2 Å². The molecule has 1 fully saturated rings. The summed E-state index contributed by atoms with van der Waals surface area (Å²) in [4.78, 5) is 29.1. The van der Waals surface area contributed by atoms with E-state index in [9.17, 15) is 4.79 Å². The number of aromatic nitrogens is 4. The van der Waals surface area contributed by atoms with Gasteiger partial charge in [-0.15, -0.1) is 0 Å². The molecule has 8 nitrogen and oxygen atoms in total. The van der Waals surface area contributed by atoms with Crippen LogP contribution in [-0.4, -0.2) is 44.0 Å². The summed E-state index contributed by atoms with van der Waals surface area (Å²) in [6.45, 7) is 7.09. The third-order valence-corrected chi connectivity index (χ3v) is 6.23. The molecular formula is C25H32N6O2. The molecule has 1 atom stereocenters. The van der Waals surface area contributed by atoms with E-state index in [-0.39, 0.29) is 11.9 Å². The summed E-state index contributed by atoms with van der Waals surface area (Å²) in [5.41, 5.74) is 2.18. The Kier molecular flexibility index (Phi) is 7.34. The van der Waals surface area contributed by atoms with E-state index in [4.69, 9.17) is 9.72 Å². The lowest BCUT2D eigenvalue weighted by Crippen LogP contribution is -2.35. The highest BCUT2D eigenvalue weighted by atomic mass is 16.5. The molecule has 1 amide bonds. The number of imidazole rings is 1. The maximum atomic E-state index is 12.8. The zero-order chi connectivity index (χ0) is 23.2. The zero-order valence-corrected chi connectivity index (χ0v) is 19.6. The molecule has 3 heterocycles. The Morgan fingerprint density at radius 3 is 2.94 bits per heavy atom. The quantitative estimate of drug-likeness (QED) is 0.566. The van der Waals surface area contributed by atoms with Gasteiger partial charge in [-0.25, -0.2) is 15.0 Å². The molecule has 33 heavy (non-hydrogen) atoms. The molecule has 0 unspecified atom stereocenters. The van der Waals surface area contributed by atoms with Crippen molar-refractivity contribution < 1.29 is 9.53 Å². The summed E-state index contributed by atoms with van der Waals surface area (Å²) < 4.78 is 7.42. The van der Waals surface area contributed by atoms with Gasteiger partial charge in [0.2, 0.25) is 0 Å². The fourth-order valence-electron chi connectivity index (χ4n) is 4.36. The van der Waals surface area contributed by atoms with Crippen LogP contribution in [0.3, 0.4) is 0 Å². The van der Waals surface area contributed by atoms with Crippen molar-refractivity contribution in [1.82, 2.24) is 29.7 Å². The number of piperidine rings is 1. The van der Waals surface area contributed by atoms with Gasteiger partial charge >= 0.3 is 0 Å². The Bertz CT molecular complexity index is 1100. The molecule has 1 aliphatic heterocycles. The molecule has 1 N–H and O–H groups in total. The normalized spacial score (nSPS) is 16.5. The molecule has 1 aliphatic rings. The fourth-order valence-corrected chi connectivity index (χ4v) is 4.36. The summed E-state index contributed by atoms with van der Waals surface area (Å²) in [5, 5.41) is 2.96. The minimum absolute atomic E-state index is 0.133. The van der Waals surface area contributed by atoms with Gasteiger partial charge in [0.25, 0.3) is 5.91 Å². The number of carbonyl (C=O) groups excluding carboxylic acids is 1. The van der Waals surface area contributed by atoms with Crippen molar-refractivity contribution in [2.45, 2.75) is 58.8 Å². The average molecular weight is 449 g/mol. The summed E-state index contributed by atoms with van der Waals surface area (Å²) in [7, 11) is 1.63. The fraction of sp³-hybridized carbons (Fsp3) is 0.440. The van der Waals surface area contributed by atoms with Crippen molar-refractivity contribution in [2.24, 2.45) is 0 Å².